The first kappa shape index (κ1) is 23.7. The molecule has 32 heavy (non-hydrogen) atoms. The average molecular weight is 477 g/mol. The van der Waals surface area contributed by atoms with Gasteiger partial charge in [0.1, 0.15) is 0 Å². The van der Waals surface area contributed by atoms with E-state index in [1.165, 1.54) is 15.5 Å². The Balaban J connectivity index is 1.57. The summed E-state index contributed by atoms with van der Waals surface area (Å²) < 4.78 is 31.1. The van der Waals surface area contributed by atoms with Gasteiger partial charge in [0.05, 0.1) is 18.5 Å². The van der Waals surface area contributed by atoms with Gasteiger partial charge in [-0.3, -0.25) is 9.10 Å². The fraction of sp³-hybridized carbons (Fsp3) is 0.318. The van der Waals surface area contributed by atoms with Crippen LogP contribution >= 0.6 is 11.6 Å². The van der Waals surface area contributed by atoms with Gasteiger partial charge < -0.3 is 9.42 Å². The Morgan fingerprint density at radius 3 is 2.59 bits per heavy atom. The molecule has 1 amide bonds. The third-order valence-electron chi connectivity index (χ3n) is 4.89. The van der Waals surface area contributed by atoms with Crippen LogP contribution in [-0.2, 0) is 21.4 Å². The van der Waals surface area contributed by atoms with Crippen LogP contribution in [0.1, 0.15) is 24.3 Å². The monoisotopic (exact) mass is 476 g/mol. The Kier molecular flexibility index (Phi) is 7.52. The van der Waals surface area contributed by atoms with Crippen molar-refractivity contribution in [2.75, 3.05) is 24.2 Å². The second-order valence-corrected chi connectivity index (χ2v) is 9.84. The first-order valence-corrected chi connectivity index (χ1v) is 12.2. The molecule has 0 unspecified atom stereocenters. The van der Waals surface area contributed by atoms with E-state index in [0.29, 0.717) is 28.8 Å². The zero-order valence-electron chi connectivity index (χ0n) is 18.2. The summed E-state index contributed by atoms with van der Waals surface area (Å²) in [7, 11) is -1.83. The number of hydrogen-bond donors (Lipinski definition) is 0. The Hall–Kier alpha value is -2.91. The smallest absolute Gasteiger partial charge is 0.246 e. The number of nitrogens with zero attached hydrogens (tertiary/aromatic N) is 4. The molecule has 0 N–H and O–H groups in total. The summed E-state index contributed by atoms with van der Waals surface area (Å²) in [5, 5.41) is 4.50. The fourth-order valence-corrected chi connectivity index (χ4v) is 4.44. The maximum atomic E-state index is 12.6. The number of sulfonamides is 1. The van der Waals surface area contributed by atoms with E-state index in [1.807, 2.05) is 25.1 Å². The van der Waals surface area contributed by atoms with Gasteiger partial charge in [-0.25, -0.2) is 8.42 Å². The van der Waals surface area contributed by atoms with Gasteiger partial charge in [0.15, 0.2) is 0 Å². The maximum absolute atomic E-state index is 12.6. The second kappa shape index (κ2) is 10.1. The van der Waals surface area contributed by atoms with Gasteiger partial charge in [0, 0.05) is 30.6 Å². The summed E-state index contributed by atoms with van der Waals surface area (Å²) in [4.78, 5) is 18.4. The molecule has 8 nitrogen and oxygen atoms in total. The Bertz CT molecular complexity index is 1200. The van der Waals surface area contributed by atoms with Gasteiger partial charge in [-0.05, 0) is 37.1 Å². The Labute approximate surface area is 192 Å². The molecular weight excluding hydrogens is 452 g/mol. The minimum absolute atomic E-state index is 0.147. The molecule has 0 fully saturated rings. The summed E-state index contributed by atoms with van der Waals surface area (Å²) in [6.45, 7) is 2.22. The molecule has 0 bridgehead atoms. The summed E-state index contributed by atoms with van der Waals surface area (Å²) >= 11 is 5.99. The number of rotatable bonds is 9. The molecule has 0 atom stereocenters. The number of hydrogen-bond acceptors (Lipinski definition) is 6. The van der Waals surface area contributed by atoms with E-state index in [2.05, 4.69) is 10.1 Å². The fourth-order valence-electron chi connectivity index (χ4n) is 3.23. The molecule has 10 heteroatoms. The number of halogens is 1. The van der Waals surface area contributed by atoms with Crippen molar-refractivity contribution >= 4 is 33.2 Å². The number of aryl methyl sites for hydroxylation is 1. The molecule has 3 aromatic rings. The normalized spacial score (nSPS) is 11.4. The topological polar surface area (TPSA) is 96.6 Å². The van der Waals surface area contributed by atoms with Crippen LogP contribution in [0.3, 0.4) is 0 Å². The van der Waals surface area contributed by atoms with E-state index in [9.17, 15) is 13.2 Å². The van der Waals surface area contributed by atoms with Gasteiger partial charge >= 0.3 is 0 Å². The largest absolute Gasteiger partial charge is 0.337 e. The highest BCUT2D eigenvalue weighted by Crippen LogP contribution is 2.23. The van der Waals surface area contributed by atoms with Crippen molar-refractivity contribution in [3.8, 4) is 11.4 Å². The molecule has 0 saturated heterocycles. The number of carbonyl (C=O) groups is 1. The van der Waals surface area contributed by atoms with Crippen molar-refractivity contribution in [2.24, 2.45) is 0 Å². The van der Waals surface area contributed by atoms with Crippen LogP contribution in [-0.4, -0.2) is 49.2 Å². The van der Waals surface area contributed by atoms with E-state index in [4.69, 9.17) is 16.1 Å². The third kappa shape index (κ3) is 6.08. The van der Waals surface area contributed by atoms with Crippen molar-refractivity contribution < 1.29 is 17.7 Å². The van der Waals surface area contributed by atoms with Crippen molar-refractivity contribution in [1.82, 2.24) is 15.0 Å². The highest BCUT2D eigenvalue weighted by molar-refractivity contribution is 7.92. The second-order valence-electron chi connectivity index (χ2n) is 7.50. The van der Waals surface area contributed by atoms with Crippen LogP contribution in [0, 0.1) is 6.92 Å². The number of benzene rings is 2. The standard InChI is InChI=1S/C22H25ClN4O4S/c1-16-8-4-5-11-19(16)27(32(3,29)30)13-7-12-21(28)26(2)15-20-24-22(25-31-20)17-9-6-10-18(23)14-17/h4-6,8-11,14H,7,12-13,15H2,1-3H3. The van der Waals surface area contributed by atoms with Gasteiger partial charge in [-0.1, -0.05) is 47.1 Å². The van der Waals surface area contributed by atoms with Crippen LogP contribution < -0.4 is 4.31 Å². The lowest BCUT2D eigenvalue weighted by atomic mass is 10.2. The van der Waals surface area contributed by atoms with Crippen molar-refractivity contribution in [3.63, 3.8) is 0 Å². The van der Waals surface area contributed by atoms with Crippen LogP contribution in [0.4, 0.5) is 5.69 Å². The first-order valence-electron chi connectivity index (χ1n) is 10.0. The minimum atomic E-state index is -3.47. The van der Waals surface area contributed by atoms with Crippen LogP contribution in [0.15, 0.2) is 53.1 Å². The first-order chi connectivity index (χ1) is 15.1. The predicted molar refractivity (Wildman–Crippen MR) is 124 cm³/mol. The van der Waals surface area contributed by atoms with Gasteiger partial charge in [-0.2, -0.15) is 4.98 Å². The lowest BCUT2D eigenvalue weighted by Crippen LogP contribution is -2.33. The summed E-state index contributed by atoms with van der Waals surface area (Å²) in [5.41, 5.74) is 2.20. The average Bonchev–Trinajstić information content (AvgIpc) is 3.19. The molecular formula is C22H25ClN4O4S. The lowest BCUT2D eigenvalue weighted by Gasteiger charge is -2.24. The highest BCUT2D eigenvalue weighted by atomic mass is 35.5. The summed E-state index contributed by atoms with van der Waals surface area (Å²) in [6.07, 6.45) is 1.73. The van der Waals surface area contributed by atoms with Crippen LogP contribution in [0.25, 0.3) is 11.4 Å². The van der Waals surface area contributed by atoms with Gasteiger partial charge in [0.2, 0.25) is 27.6 Å². The molecule has 0 spiro atoms. The van der Waals surface area contributed by atoms with Crippen molar-refractivity contribution in [2.45, 2.75) is 26.3 Å². The molecule has 0 saturated carbocycles. The van der Waals surface area contributed by atoms with E-state index >= 15 is 0 Å². The summed E-state index contributed by atoms with van der Waals surface area (Å²) in [6, 6.07) is 14.4. The number of amides is 1. The van der Waals surface area contributed by atoms with Crippen molar-refractivity contribution in [1.29, 1.82) is 0 Å². The van der Waals surface area contributed by atoms with E-state index < -0.39 is 10.0 Å². The van der Waals surface area contributed by atoms with Gasteiger partial charge in [-0.15, -0.1) is 0 Å². The zero-order valence-corrected chi connectivity index (χ0v) is 19.7. The lowest BCUT2D eigenvalue weighted by molar-refractivity contribution is -0.130. The molecule has 3 rings (SSSR count). The molecule has 0 aliphatic rings. The van der Waals surface area contributed by atoms with Crippen LogP contribution in [0.2, 0.25) is 5.02 Å². The quantitative estimate of drug-likeness (QED) is 0.464. The number of carbonyl (C=O) groups excluding carboxylic acids is 1. The molecule has 0 aliphatic heterocycles. The molecule has 2 aromatic carbocycles. The number of anilines is 1. The third-order valence-corrected chi connectivity index (χ3v) is 6.30. The Morgan fingerprint density at radius 1 is 1.16 bits per heavy atom. The molecule has 0 radical (unpaired) electrons. The molecule has 170 valence electrons. The van der Waals surface area contributed by atoms with E-state index in [1.54, 1.807) is 37.4 Å². The van der Waals surface area contributed by atoms with Crippen LogP contribution in [0.5, 0.6) is 0 Å². The molecule has 0 aliphatic carbocycles. The number of para-hydroxylation sites is 1. The maximum Gasteiger partial charge on any atom is 0.246 e. The van der Waals surface area contributed by atoms with Gasteiger partial charge in [0.25, 0.3) is 0 Å². The highest BCUT2D eigenvalue weighted by Gasteiger charge is 2.20. The Morgan fingerprint density at radius 2 is 1.91 bits per heavy atom. The SMILES string of the molecule is Cc1ccccc1N(CCCC(=O)N(C)Cc1nc(-c2cccc(Cl)c2)no1)S(C)(=O)=O. The molecule has 1 heterocycles. The van der Waals surface area contributed by atoms with E-state index in [-0.39, 0.29) is 25.4 Å². The minimum Gasteiger partial charge on any atom is -0.337 e. The number of aromatic nitrogens is 2. The summed E-state index contributed by atoms with van der Waals surface area (Å²) in [5.74, 6) is 0.546. The predicted octanol–water partition coefficient (Wildman–Crippen LogP) is 3.90. The van der Waals surface area contributed by atoms with E-state index in [0.717, 1.165) is 11.1 Å². The van der Waals surface area contributed by atoms with Crippen molar-refractivity contribution in [3.05, 3.63) is 65.0 Å². The zero-order chi connectivity index (χ0) is 23.3. The molecule has 1 aromatic heterocycles.